The van der Waals surface area contributed by atoms with E-state index >= 15 is 0 Å². The van der Waals surface area contributed by atoms with E-state index < -0.39 is 23.9 Å². The number of hydrogen-bond acceptors (Lipinski definition) is 7. The smallest absolute Gasteiger partial charge is 0.320 e. The van der Waals surface area contributed by atoms with Crippen LogP contribution in [0.2, 0.25) is 5.15 Å². The van der Waals surface area contributed by atoms with Crippen molar-refractivity contribution in [3.8, 4) is 0 Å². The average Bonchev–Trinajstić information content (AvgIpc) is 2.87. The zero-order valence-electron chi connectivity index (χ0n) is 11.9. The number of methoxy groups -OCH3 is 1. The summed E-state index contributed by atoms with van der Waals surface area (Å²) in [7, 11) is 1.14. The first kappa shape index (κ1) is 16.0. The quantitative estimate of drug-likeness (QED) is 0.469. The maximum Gasteiger partial charge on any atom is 0.320 e. The number of aromatic nitrogens is 4. The number of carboxylic acids is 1. The first-order valence-corrected chi connectivity index (χ1v) is 6.69. The normalized spacial score (nSPS) is 13.8. The summed E-state index contributed by atoms with van der Waals surface area (Å²) in [6.07, 6.45) is 1.46. The van der Waals surface area contributed by atoms with Crippen molar-refractivity contribution < 1.29 is 19.4 Å². The summed E-state index contributed by atoms with van der Waals surface area (Å²) in [4.78, 5) is 34.7. The zero-order valence-corrected chi connectivity index (χ0v) is 12.6. The number of imidazole rings is 1. The minimum absolute atomic E-state index is 0.00892. The fraction of sp³-hybridized carbons (Fsp3) is 0.417. The highest BCUT2D eigenvalue weighted by molar-refractivity contribution is 6.33. The zero-order chi connectivity index (χ0) is 16.4. The van der Waals surface area contributed by atoms with Crippen LogP contribution in [0, 0.1) is 5.92 Å². The van der Waals surface area contributed by atoms with Crippen LogP contribution in [0.3, 0.4) is 0 Å². The number of aliphatic carboxylic acids is 1. The lowest BCUT2D eigenvalue weighted by molar-refractivity contribution is -0.157. The Morgan fingerprint density at radius 3 is 2.77 bits per heavy atom. The van der Waals surface area contributed by atoms with Gasteiger partial charge in [-0.2, -0.15) is 9.97 Å². The third-order valence-corrected chi connectivity index (χ3v) is 3.50. The number of esters is 1. The molecule has 9 nitrogen and oxygen atoms in total. The molecular weight excluding hydrogens is 314 g/mol. The first-order chi connectivity index (χ1) is 10.3. The minimum Gasteiger partial charge on any atom is -0.481 e. The van der Waals surface area contributed by atoms with Gasteiger partial charge in [0.25, 0.3) is 0 Å². The third-order valence-electron chi connectivity index (χ3n) is 3.23. The molecule has 2 atom stereocenters. The van der Waals surface area contributed by atoms with E-state index in [1.807, 2.05) is 0 Å². The maximum atomic E-state index is 11.5. The molecule has 0 aliphatic carbocycles. The Labute approximate surface area is 130 Å². The maximum absolute atomic E-state index is 11.5. The number of ether oxygens (including phenoxy) is 1. The number of anilines is 1. The third kappa shape index (κ3) is 2.93. The molecule has 0 bridgehead atoms. The van der Waals surface area contributed by atoms with Crippen molar-refractivity contribution in [3.63, 3.8) is 0 Å². The van der Waals surface area contributed by atoms with Gasteiger partial charge in [-0.1, -0.05) is 11.6 Å². The molecule has 0 spiro atoms. The summed E-state index contributed by atoms with van der Waals surface area (Å²) in [5.74, 6) is -3.37. The van der Waals surface area contributed by atoms with E-state index in [2.05, 4.69) is 19.7 Å². The largest absolute Gasteiger partial charge is 0.481 e. The molecule has 2 unspecified atom stereocenters. The fourth-order valence-corrected chi connectivity index (χ4v) is 2.34. The van der Waals surface area contributed by atoms with E-state index in [-0.39, 0.29) is 17.5 Å². The molecule has 0 aromatic carbocycles. The van der Waals surface area contributed by atoms with Crippen LogP contribution in [-0.4, -0.2) is 43.7 Å². The van der Waals surface area contributed by atoms with Crippen molar-refractivity contribution >= 4 is 40.7 Å². The van der Waals surface area contributed by atoms with Crippen LogP contribution in [0.15, 0.2) is 6.33 Å². The molecule has 0 saturated heterocycles. The van der Waals surface area contributed by atoms with Gasteiger partial charge in [0.1, 0.15) is 5.52 Å². The number of nitrogen functional groups attached to an aromatic ring is 1. The van der Waals surface area contributed by atoms with Gasteiger partial charge in [-0.05, 0) is 13.3 Å². The fourth-order valence-electron chi connectivity index (χ4n) is 2.12. The van der Waals surface area contributed by atoms with Crippen molar-refractivity contribution in [1.82, 2.24) is 19.5 Å². The molecule has 0 fully saturated rings. The number of fused-ring (bicyclic) bond motifs is 1. The summed E-state index contributed by atoms with van der Waals surface area (Å²) in [6.45, 7) is 1.73. The molecule has 2 rings (SSSR count). The average molecular weight is 328 g/mol. The summed E-state index contributed by atoms with van der Waals surface area (Å²) < 4.78 is 6.10. The second-order valence-corrected chi connectivity index (χ2v) is 5.05. The van der Waals surface area contributed by atoms with Crippen molar-refractivity contribution in [1.29, 1.82) is 0 Å². The van der Waals surface area contributed by atoms with E-state index in [0.717, 1.165) is 7.11 Å². The molecule has 3 N–H and O–H groups in total. The number of carboxylic acid groups (broad SMARTS) is 1. The van der Waals surface area contributed by atoms with Gasteiger partial charge >= 0.3 is 11.9 Å². The highest BCUT2D eigenvalue weighted by Gasteiger charge is 2.30. The standard InChI is InChI=1S/C12H14ClN5O4/c1-5(3-6(10(19)20)11(21)22-2)18-4-15-7-8(13)16-12(14)17-9(7)18/h4-6H,3H2,1-2H3,(H,19,20)(H2,14,16,17). The van der Waals surface area contributed by atoms with Crippen LogP contribution in [-0.2, 0) is 14.3 Å². The molecule has 0 aliphatic rings. The van der Waals surface area contributed by atoms with Crippen molar-refractivity contribution in [2.24, 2.45) is 5.92 Å². The Bertz CT molecular complexity index is 732. The van der Waals surface area contributed by atoms with Crippen molar-refractivity contribution in [3.05, 3.63) is 11.5 Å². The molecule has 0 amide bonds. The van der Waals surface area contributed by atoms with Gasteiger partial charge in [-0.25, -0.2) is 4.98 Å². The molecular formula is C12H14ClN5O4. The van der Waals surface area contributed by atoms with Crippen LogP contribution < -0.4 is 5.73 Å². The molecule has 0 aliphatic heterocycles. The van der Waals surface area contributed by atoms with Crippen molar-refractivity contribution in [2.45, 2.75) is 19.4 Å². The highest BCUT2D eigenvalue weighted by Crippen LogP contribution is 2.26. The molecule has 0 radical (unpaired) electrons. The predicted octanol–water partition coefficient (Wildman–Crippen LogP) is 0.887. The summed E-state index contributed by atoms with van der Waals surface area (Å²) in [5, 5.41) is 9.24. The monoisotopic (exact) mass is 327 g/mol. The van der Waals surface area contributed by atoms with Gasteiger partial charge < -0.3 is 20.1 Å². The molecule has 2 heterocycles. The molecule has 22 heavy (non-hydrogen) atoms. The van der Waals surface area contributed by atoms with E-state index in [0.29, 0.717) is 11.2 Å². The number of nitrogens with two attached hydrogens (primary N) is 1. The lowest BCUT2D eigenvalue weighted by Crippen LogP contribution is -2.27. The summed E-state index contributed by atoms with van der Waals surface area (Å²) >= 11 is 5.93. The molecule has 2 aromatic rings. The summed E-state index contributed by atoms with van der Waals surface area (Å²) in [6, 6.07) is -0.393. The first-order valence-electron chi connectivity index (χ1n) is 6.31. The van der Waals surface area contributed by atoms with Gasteiger partial charge in [0.05, 0.1) is 13.4 Å². The SMILES string of the molecule is COC(=O)C(CC(C)n1cnc2c(Cl)nc(N)nc21)C(=O)O. The lowest BCUT2D eigenvalue weighted by atomic mass is 10.0. The number of hydrogen-bond donors (Lipinski definition) is 2. The Balaban J connectivity index is 2.35. The number of carbonyl (C=O) groups is 2. The second-order valence-electron chi connectivity index (χ2n) is 4.70. The molecule has 10 heteroatoms. The minimum atomic E-state index is -1.29. The van der Waals surface area contributed by atoms with Gasteiger partial charge in [-0.3, -0.25) is 9.59 Å². The van der Waals surface area contributed by atoms with E-state index in [1.54, 1.807) is 11.5 Å². The summed E-state index contributed by atoms with van der Waals surface area (Å²) in [5.41, 5.74) is 6.28. The van der Waals surface area contributed by atoms with Crippen molar-refractivity contribution in [2.75, 3.05) is 12.8 Å². The van der Waals surface area contributed by atoms with Crippen LogP contribution >= 0.6 is 11.6 Å². The van der Waals surface area contributed by atoms with E-state index in [9.17, 15) is 9.59 Å². The van der Waals surface area contributed by atoms with Crippen LogP contribution in [0.1, 0.15) is 19.4 Å². The van der Waals surface area contributed by atoms with Crippen LogP contribution in [0.25, 0.3) is 11.2 Å². The molecule has 2 aromatic heterocycles. The van der Waals surface area contributed by atoms with Gasteiger partial charge in [-0.15, -0.1) is 0 Å². The lowest BCUT2D eigenvalue weighted by Gasteiger charge is -2.17. The highest BCUT2D eigenvalue weighted by atomic mass is 35.5. The number of rotatable bonds is 5. The Morgan fingerprint density at radius 2 is 2.18 bits per heavy atom. The number of halogens is 1. The Hall–Kier alpha value is -2.42. The van der Waals surface area contributed by atoms with Gasteiger partial charge in [0, 0.05) is 6.04 Å². The molecule has 118 valence electrons. The Kier molecular flexibility index (Phi) is 4.45. The van der Waals surface area contributed by atoms with E-state index in [1.165, 1.54) is 6.33 Å². The Morgan fingerprint density at radius 1 is 1.50 bits per heavy atom. The van der Waals surface area contributed by atoms with E-state index in [4.69, 9.17) is 22.4 Å². The van der Waals surface area contributed by atoms with Gasteiger partial charge in [0.15, 0.2) is 16.7 Å². The molecule has 0 saturated carbocycles. The van der Waals surface area contributed by atoms with Crippen LogP contribution in [0.5, 0.6) is 0 Å². The number of carbonyl (C=O) groups excluding carboxylic acids is 1. The topological polar surface area (TPSA) is 133 Å². The predicted molar refractivity (Wildman–Crippen MR) is 77.2 cm³/mol. The van der Waals surface area contributed by atoms with Crippen LogP contribution in [0.4, 0.5) is 5.95 Å². The number of nitrogens with zero attached hydrogens (tertiary/aromatic N) is 4. The second kappa shape index (κ2) is 6.14. The van der Waals surface area contributed by atoms with Gasteiger partial charge in [0.2, 0.25) is 5.95 Å².